The lowest BCUT2D eigenvalue weighted by molar-refractivity contribution is 0.0827. The van der Waals surface area contributed by atoms with Gasteiger partial charge in [-0.05, 0) is 51.3 Å². The third kappa shape index (κ3) is 5.99. The number of carbonyl (C=O) groups excluding carboxylic acids is 1. The second-order valence-electron chi connectivity index (χ2n) is 6.49. The van der Waals surface area contributed by atoms with E-state index in [0.29, 0.717) is 24.6 Å². The van der Waals surface area contributed by atoms with Crippen molar-refractivity contribution in [3.05, 3.63) is 57.6 Å². The van der Waals surface area contributed by atoms with E-state index in [9.17, 15) is 4.79 Å². The number of ether oxygens (including phenoxy) is 2. The lowest BCUT2D eigenvalue weighted by atomic mass is 10.1. The van der Waals surface area contributed by atoms with Gasteiger partial charge in [-0.2, -0.15) is 0 Å². The average Bonchev–Trinajstić information content (AvgIpc) is 3.17. The van der Waals surface area contributed by atoms with Gasteiger partial charge in [0.2, 0.25) is 6.79 Å². The molecule has 1 aliphatic rings. The van der Waals surface area contributed by atoms with Crippen molar-refractivity contribution >= 4 is 51.8 Å². The molecule has 0 aliphatic carbocycles. The summed E-state index contributed by atoms with van der Waals surface area (Å²) in [5.41, 5.74) is 2.78. The van der Waals surface area contributed by atoms with E-state index in [2.05, 4.69) is 31.6 Å². The van der Waals surface area contributed by atoms with Crippen LogP contribution in [-0.2, 0) is 13.1 Å². The van der Waals surface area contributed by atoms with E-state index in [1.54, 1.807) is 26.0 Å². The summed E-state index contributed by atoms with van der Waals surface area (Å²) in [6.07, 6.45) is 0. The molecule has 1 aliphatic heterocycles. The number of guanidine groups is 1. The van der Waals surface area contributed by atoms with Gasteiger partial charge in [-0.25, -0.2) is 0 Å². The number of nitrogens with one attached hydrogen (secondary N) is 2. The van der Waals surface area contributed by atoms with E-state index in [0.717, 1.165) is 27.1 Å². The zero-order chi connectivity index (χ0) is 20.1. The second-order valence-corrected chi connectivity index (χ2v) is 7.34. The average molecular weight is 575 g/mol. The van der Waals surface area contributed by atoms with E-state index >= 15 is 0 Å². The number of amides is 1. The predicted molar refractivity (Wildman–Crippen MR) is 127 cm³/mol. The number of hydrogen-bond donors (Lipinski definition) is 2. The Kier molecular flexibility index (Phi) is 8.57. The summed E-state index contributed by atoms with van der Waals surface area (Å²) in [6, 6.07) is 11.5. The van der Waals surface area contributed by atoms with Crippen LogP contribution in [0, 0.1) is 0 Å². The van der Waals surface area contributed by atoms with Gasteiger partial charge in [-0.3, -0.25) is 9.79 Å². The number of aliphatic imine (C=N–C) groups is 1. The van der Waals surface area contributed by atoms with Crippen molar-refractivity contribution in [2.45, 2.75) is 13.1 Å². The number of rotatable bonds is 5. The third-order valence-electron chi connectivity index (χ3n) is 4.24. The molecule has 0 aromatic heterocycles. The standard InChI is InChI=1S/C20H23BrN4O3.HI/c1-22-20(23-10-13-4-6-15(7-5-13)19(26)25(2)3)24-11-14-8-16(21)18-17(9-14)27-12-28-18;/h4-9H,10-12H2,1-3H3,(H2,22,23,24);1H. The lowest BCUT2D eigenvalue weighted by Crippen LogP contribution is -2.36. The molecular weight excluding hydrogens is 551 g/mol. The number of benzene rings is 2. The van der Waals surface area contributed by atoms with Crippen LogP contribution in [-0.4, -0.2) is 44.7 Å². The minimum absolute atomic E-state index is 0. The summed E-state index contributed by atoms with van der Waals surface area (Å²) in [4.78, 5) is 17.8. The number of fused-ring (bicyclic) bond motifs is 1. The van der Waals surface area contributed by atoms with Crippen molar-refractivity contribution in [3.63, 3.8) is 0 Å². The Labute approximate surface area is 196 Å². The summed E-state index contributed by atoms with van der Waals surface area (Å²) in [6.45, 7) is 1.43. The molecule has 0 unspecified atom stereocenters. The highest BCUT2D eigenvalue weighted by Gasteiger charge is 2.18. The van der Waals surface area contributed by atoms with Crippen LogP contribution in [0.2, 0.25) is 0 Å². The van der Waals surface area contributed by atoms with E-state index in [-0.39, 0.29) is 36.7 Å². The van der Waals surface area contributed by atoms with E-state index < -0.39 is 0 Å². The first-order valence-electron chi connectivity index (χ1n) is 8.81. The van der Waals surface area contributed by atoms with Gasteiger partial charge in [0.05, 0.1) is 4.47 Å². The van der Waals surface area contributed by atoms with E-state index in [1.165, 1.54) is 0 Å². The van der Waals surface area contributed by atoms with Gasteiger partial charge in [0.1, 0.15) is 0 Å². The molecule has 9 heteroatoms. The normalized spacial score (nSPS) is 12.2. The first-order valence-corrected chi connectivity index (χ1v) is 9.60. The Bertz CT molecular complexity index is 888. The topological polar surface area (TPSA) is 75.2 Å². The van der Waals surface area contributed by atoms with Crippen LogP contribution in [0.15, 0.2) is 45.9 Å². The highest BCUT2D eigenvalue weighted by atomic mass is 127. The molecule has 0 saturated carbocycles. The molecule has 2 aromatic rings. The Balaban J connectivity index is 0.00000300. The summed E-state index contributed by atoms with van der Waals surface area (Å²) in [5.74, 6) is 2.15. The maximum absolute atomic E-state index is 11.9. The molecule has 156 valence electrons. The molecule has 1 heterocycles. The Morgan fingerprint density at radius 2 is 1.76 bits per heavy atom. The van der Waals surface area contributed by atoms with Crippen LogP contribution in [0.4, 0.5) is 0 Å². The quantitative estimate of drug-likeness (QED) is 0.325. The number of nitrogens with zero attached hydrogens (tertiary/aromatic N) is 2. The Morgan fingerprint density at radius 3 is 2.38 bits per heavy atom. The van der Waals surface area contributed by atoms with Crippen molar-refractivity contribution in [1.82, 2.24) is 15.5 Å². The van der Waals surface area contributed by atoms with Gasteiger partial charge < -0.3 is 25.0 Å². The molecule has 7 nitrogen and oxygen atoms in total. The van der Waals surface area contributed by atoms with Crippen LogP contribution in [0.25, 0.3) is 0 Å². The smallest absolute Gasteiger partial charge is 0.253 e. The first kappa shape index (κ1) is 23.3. The molecule has 1 amide bonds. The SMILES string of the molecule is CN=C(NCc1ccc(C(=O)N(C)C)cc1)NCc1cc(Br)c2c(c1)OCO2.I. The fourth-order valence-corrected chi connectivity index (χ4v) is 3.34. The van der Waals surface area contributed by atoms with Crippen LogP contribution in [0.3, 0.4) is 0 Å². The summed E-state index contributed by atoms with van der Waals surface area (Å²) >= 11 is 3.50. The molecular formula is C20H24BrIN4O3. The minimum Gasteiger partial charge on any atom is -0.454 e. The molecule has 0 spiro atoms. The van der Waals surface area contributed by atoms with Crippen LogP contribution >= 0.6 is 39.9 Å². The molecule has 0 bridgehead atoms. The molecule has 0 radical (unpaired) electrons. The second kappa shape index (κ2) is 10.7. The zero-order valence-electron chi connectivity index (χ0n) is 16.5. The molecule has 0 atom stereocenters. The number of halogens is 2. The molecule has 29 heavy (non-hydrogen) atoms. The predicted octanol–water partition coefficient (Wildman–Crippen LogP) is 3.36. The largest absolute Gasteiger partial charge is 0.454 e. The van der Waals surface area contributed by atoms with Crippen molar-refractivity contribution in [2.24, 2.45) is 4.99 Å². The van der Waals surface area contributed by atoms with Gasteiger partial charge in [0.25, 0.3) is 5.91 Å². The molecule has 0 fully saturated rings. The molecule has 2 N–H and O–H groups in total. The fourth-order valence-electron chi connectivity index (χ4n) is 2.74. The highest BCUT2D eigenvalue weighted by molar-refractivity contribution is 14.0. The monoisotopic (exact) mass is 574 g/mol. The maximum Gasteiger partial charge on any atom is 0.253 e. The van der Waals surface area contributed by atoms with Gasteiger partial charge in [0.15, 0.2) is 17.5 Å². The summed E-state index contributed by atoms with van der Waals surface area (Å²) in [7, 11) is 5.21. The van der Waals surface area contributed by atoms with Crippen LogP contribution in [0.1, 0.15) is 21.5 Å². The molecule has 0 saturated heterocycles. The maximum atomic E-state index is 11.9. The van der Waals surface area contributed by atoms with Crippen LogP contribution in [0.5, 0.6) is 11.5 Å². The van der Waals surface area contributed by atoms with Gasteiger partial charge in [0, 0.05) is 39.8 Å². The van der Waals surface area contributed by atoms with E-state index in [1.807, 2.05) is 36.4 Å². The summed E-state index contributed by atoms with van der Waals surface area (Å²) < 4.78 is 11.7. The summed E-state index contributed by atoms with van der Waals surface area (Å²) in [5, 5.41) is 6.55. The van der Waals surface area contributed by atoms with Crippen molar-refractivity contribution < 1.29 is 14.3 Å². The fraction of sp³-hybridized carbons (Fsp3) is 0.300. The van der Waals surface area contributed by atoms with Crippen molar-refractivity contribution in [3.8, 4) is 11.5 Å². The Morgan fingerprint density at radius 1 is 1.10 bits per heavy atom. The Hall–Kier alpha value is -2.01. The van der Waals surface area contributed by atoms with E-state index in [4.69, 9.17) is 9.47 Å². The first-order chi connectivity index (χ1) is 13.5. The zero-order valence-corrected chi connectivity index (χ0v) is 20.4. The third-order valence-corrected chi connectivity index (χ3v) is 4.83. The number of hydrogen-bond acceptors (Lipinski definition) is 4. The van der Waals surface area contributed by atoms with Crippen molar-refractivity contribution in [2.75, 3.05) is 27.9 Å². The molecule has 3 rings (SSSR count). The van der Waals surface area contributed by atoms with Gasteiger partial charge in [-0.1, -0.05) is 12.1 Å². The van der Waals surface area contributed by atoms with Crippen LogP contribution < -0.4 is 20.1 Å². The molecule has 2 aromatic carbocycles. The van der Waals surface area contributed by atoms with Crippen molar-refractivity contribution in [1.29, 1.82) is 0 Å². The van der Waals surface area contributed by atoms with Gasteiger partial charge in [-0.15, -0.1) is 24.0 Å². The lowest BCUT2D eigenvalue weighted by Gasteiger charge is -2.13. The minimum atomic E-state index is -0.00753. The number of carbonyl (C=O) groups is 1. The van der Waals surface area contributed by atoms with Gasteiger partial charge >= 0.3 is 0 Å². The highest BCUT2D eigenvalue weighted by Crippen LogP contribution is 2.39.